The van der Waals surface area contributed by atoms with Gasteiger partial charge in [-0.05, 0) is 42.0 Å². The van der Waals surface area contributed by atoms with Gasteiger partial charge in [-0.1, -0.05) is 28.1 Å². The highest BCUT2D eigenvalue weighted by Gasteiger charge is 2.05. The summed E-state index contributed by atoms with van der Waals surface area (Å²) in [7, 11) is 0. The van der Waals surface area contributed by atoms with Gasteiger partial charge in [0.15, 0.2) is 5.78 Å². The second-order valence-electron chi connectivity index (χ2n) is 4.36. The third-order valence-corrected chi connectivity index (χ3v) is 3.29. The van der Waals surface area contributed by atoms with Gasteiger partial charge < -0.3 is 4.74 Å². The lowest BCUT2D eigenvalue weighted by Crippen LogP contribution is -2.05. The molecular formula is C16H14BrFO2. The highest BCUT2D eigenvalue weighted by molar-refractivity contribution is 9.10. The molecule has 0 aliphatic carbocycles. The minimum Gasteiger partial charge on any atom is -0.376 e. The monoisotopic (exact) mass is 336 g/mol. The van der Waals surface area contributed by atoms with Crippen LogP contribution in [-0.2, 0) is 11.3 Å². The molecule has 2 aromatic rings. The van der Waals surface area contributed by atoms with Crippen LogP contribution in [0.2, 0.25) is 0 Å². The van der Waals surface area contributed by atoms with Gasteiger partial charge in [0.25, 0.3) is 0 Å². The highest BCUT2D eigenvalue weighted by atomic mass is 79.9. The van der Waals surface area contributed by atoms with E-state index in [1.807, 2.05) is 24.3 Å². The van der Waals surface area contributed by atoms with Crippen molar-refractivity contribution in [3.8, 4) is 0 Å². The number of ketones is 1. The van der Waals surface area contributed by atoms with Gasteiger partial charge in [-0.15, -0.1) is 0 Å². The second-order valence-corrected chi connectivity index (χ2v) is 5.28. The van der Waals surface area contributed by atoms with Crippen LogP contribution in [0.1, 0.15) is 22.3 Å². The van der Waals surface area contributed by atoms with E-state index >= 15 is 0 Å². The highest BCUT2D eigenvalue weighted by Crippen LogP contribution is 2.12. The molecule has 4 heteroatoms. The molecule has 2 nitrogen and oxygen atoms in total. The number of hydrogen-bond donors (Lipinski definition) is 0. The predicted molar refractivity (Wildman–Crippen MR) is 79.1 cm³/mol. The molecule has 0 atom stereocenters. The summed E-state index contributed by atoms with van der Waals surface area (Å²) >= 11 is 3.39. The Hall–Kier alpha value is -1.52. The van der Waals surface area contributed by atoms with Gasteiger partial charge in [-0.3, -0.25) is 4.79 Å². The van der Waals surface area contributed by atoms with Crippen molar-refractivity contribution in [3.05, 3.63) is 69.9 Å². The van der Waals surface area contributed by atoms with E-state index in [1.54, 1.807) is 0 Å². The first-order valence-corrected chi connectivity index (χ1v) is 7.05. The number of Topliss-reactive ketones (excluding diaryl/α,β-unsaturated/α-hetero) is 1. The Kier molecular flexibility index (Phi) is 5.44. The van der Waals surface area contributed by atoms with Gasteiger partial charge in [-0.2, -0.15) is 0 Å². The molecule has 0 bridgehead atoms. The Balaban J connectivity index is 1.76. The van der Waals surface area contributed by atoms with E-state index in [9.17, 15) is 9.18 Å². The molecular weight excluding hydrogens is 323 g/mol. The first-order chi connectivity index (χ1) is 9.65. The summed E-state index contributed by atoms with van der Waals surface area (Å²) in [5.74, 6) is -0.383. The number of benzene rings is 2. The second kappa shape index (κ2) is 7.31. The lowest BCUT2D eigenvalue weighted by Gasteiger charge is -2.05. The summed E-state index contributed by atoms with van der Waals surface area (Å²) in [4.78, 5) is 11.8. The molecule has 0 radical (unpaired) electrons. The number of rotatable bonds is 6. The maximum absolute atomic E-state index is 12.7. The van der Waals surface area contributed by atoms with Crippen molar-refractivity contribution in [2.45, 2.75) is 13.0 Å². The van der Waals surface area contributed by atoms with Crippen molar-refractivity contribution in [1.29, 1.82) is 0 Å². The molecule has 2 rings (SSSR count). The van der Waals surface area contributed by atoms with Gasteiger partial charge in [0.2, 0.25) is 0 Å². The van der Waals surface area contributed by atoms with Crippen LogP contribution in [0.5, 0.6) is 0 Å². The third-order valence-electron chi connectivity index (χ3n) is 2.80. The van der Waals surface area contributed by atoms with Crippen LogP contribution in [0.25, 0.3) is 0 Å². The van der Waals surface area contributed by atoms with Gasteiger partial charge in [0.05, 0.1) is 13.2 Å². The lowest BCUT2D eigenvalue weighted by atomic mass is 10.1. The number of halogens is 2. The molecule has 0 aliphatic rings. The largest absolute Gasteiger partial charge is 0.376 e. The van der Waals surface area contributed by atoms with E-state index in [0.29, 0.717) is 25.2 Å². The van der Waals surface area contributed by atoms with Crippen LogP contribution in [-0.4, -0.2) is 12.4 Å². The molecule has 2 aromatic carbocycles. The molecule has 0 saturated heterocycles. The topological polar surface area (TPSA) is 26.3 Å². The zero-order chi connectivity index (χ0) is 14.4. The quantitative estimate of drug-likeness (QED) is 0.578. The first kappa shape index (κ1) is 14.9. The van der Waals surface area contributed by atoms with Crippen LogP contribution in [0.3, 0.4) is 0 Å². The fourth-order valence-electron chi connectivity index (χ4n) is 1.76. The zero-order valence-electron chi connectivity index (χ0n) is 10.8. The number of hydrogen-bond acceptors (Lipinski definition) is 2. The van der Waals surface area contributed by atoms with Crippen LogP contribution in [0.4, 0.5) is 4.39 Å². The van der Waals surface area contributed by atoms with E-state index in [2.05, 4.69) is 15.9 Å². The third kappa shape index (κ3) is 4.54. The van der Waals surface area contributed by atoms with E-state index in [-0.39, 0.29) is 11.6 Å². The van der Waals surface area contributed by atoms with E-state index in [4.69, 9.17) is 4.74 Å². The van der Waals surface area contributed by atoms with Gasteiger partial charge in [0, 0.05) is 16.5 Å². The fraction of sp³-hybridized carbons (Fsp3) is 0.188. The summed E-state index contributed by atoms with van der Waals surface area (Å²) in [5.41, 5.74) is 1.56. The van der Waals surface area contributed by atoms with Crippen molar-refractivity contribution in [1.82, 2.24) is 0 Å². The number of carbonyl (C=O) groups is 1. The zero-order valence-corrected chi connectivity index (χ0v) is 12.4. The molecule has 104 valence electrons. The molecule has 0 aliphatic heterocycles. The minimum absolute atomic E-state index is 0.0424. The van der Waals surface area contributed by atoms with Gasteiger partial charge in [-0.25, -0.2) is 4.39 Å². The summed E-state index contributed by atoms with van der Waals surface area (Å²) in [6.07, 6.45) is 0.291. The average Bonchev–Trinajstić information content (AvgIpc) is 2.44. The van der Waals surface area contributed by atoms with E-state index in [1.165, 1.54) is 24.3 Å². The Morgan fingerprint density at radius 1 is 1.15 bits per heavy atom. The normalized spacial score (nSPS) is 10.5. The SMILES string of the molecule is O=C(CCOCc1cccc(Br)c1)c1ccc(F)cc1. The van der Waals surface area contributed by atoms with Gasteiger partial charge >= 0.3 is 0 Å². The predicted octanol–water partition coefficient (Wildman–Crippen LogP) is 4.38. The van der Waals surface area contributed by atoms with Crippen LogP contribution >= 0.6 is 15.9 Å². The Morgan fingerprint density at radius 3 is 2.60 bits per heavy atom. The van der Waals surface area contributed by atoms with Crippen molar-refractivity contribution < 1.29 is 13.9 Å². The number of carbonyl (C=O) groups excluding carboxylic acids is 1. The van der Waals surface area contributed by atoms with Crippen LogP contribution in [0.15, 0.2) is 53.0 Å². The smallest absolute Gasteiger partial charge is 0.165 e. The summed E-state index contributed by atoms with van der Waals surface area (Å²) < 4.78 is 19.2. The van der Waals surface area contributed by atoms with E-state index < -0.39 is 0 Å². The van der Waals surface area contributed by atoms with Crippen molar-refractivity contribution in [2.75, 3.05) is 6.61 Å². The maximum Gasteiger partial charge on any atom is 0.165 e. The number of ether oxygens (including phenoxy) is 1. The van der Waals surface area contributed by atoms with Crippen LogP contribution in [0, 0.1) is 5.82 Å². The molecule has 20 heavy (non-hydrogen) atoms. The van der Waals surface area contributed by atoms with Crippen molar-refractivity contribution in [3.63, 3.8) is 0 Å². The summed E-state index contributed by atoms with van der Waals surface area (Å²) in [6.45, 7) is 0.818. The van der Waals surface area contributed by atoms with Crippen molar-refractivity contribution in [2.24, 2.45) is 0 Å². The molecule has 0 N–H and O–H groups in total. The molecule has 0 spiro atoms. The van der Waals surface area contributed by atoms with Gasteiger partial charge in [0.1, 0.15) is 5.82 Å². The molecule has 0 heterocycles. The van der Waals surface area contributed by atoms with Crippen molar-refractivity contribution >= 4 is 21.7 Å². The average molecular weight is 337 g/mol. The Bertz CT molecular complexity index is 581. The molecule has 0 amide bonds. The van der Waals surface area contributed by atoms with Crippen LogP contribution < -0.4 is 0 Å². The fourth-order valence-corrected chi connectivity index (χ4v) is 2.21. The molecule has 0 unspecified atom stereocenters. The molecule has 0 saturated carbocycles. The molecule has 0 aromatic heterocycles. The van der Waals surface area contributed by atoms with E-state index in [0.717, 1.165) is 10.0 Å². The standard InChI is InChI=1S/C16H14BrFO2/c17-14-3-1-2-12(10-14)11-20-9-8-16(19)13-4-6-15(18)7-5-13/h1-7,10H,8-9,11H2. The minimum atomic E-state index is -0.340. The lowest BCUT2D eigenvalue weighted by molar-refractivity contribution is 0.0848. The Labute approximate surface area is 125 Å². The maximum atomic E-state index is 12.7. The first-order valence-electron chi connectivity index (χ1n) is 6.26. The summed E-state index contributed by atoms with van der Waals surface area (Å²) in [6, 6.07) is 13.4. The molecule has 0 fully saturated rings. The Morgan fingerprint density at radius 2 is 1.90 bits per heavy atom. The summed E-state index contributed by atoms with van der Waals surface area (Å²) in [5, 5.41) is 0.